The molecule has 126 valence electrons. The van der Waals surface area contributed by atoms with E-state index < -0.39 is 5.60 Å². The highest BCUT2D eigenvalue weighted by atomic mass is 16.7. The maximum Gasteiger partial charge on any atom is 0.494 e. The average Bonchev–Trinajstić information content (AvgIpc) is 2.66. The van der Waals surface area contributed by atoms with Crippen molar-refractivity contribution in [2.24, 2.45) is 0 Å². The molecule has 1 N–H and O–H groups in total. The van der Waals surface area contributed by atoms with E-state index >= 15 is 0 Å². The second-order valence-corrected chi connectivity index (χ2v) is 7.47. The largest absolute Gasteiger partial charge is 0.494 e. The van der Waals surface area contributed by atoms with E-state index in [4.69, 9.17) is 18.8 Å². The molecule has 6 heteroatoms. The Morgan fingerprint density at radius 1 is 1.04 bits per heavy atom. The molecule has 2 heterocycles. The topological polar surface area (TPSA) is 57.2 Å². The fourth-order valence-corrected chi connectivity index (χ4v) is 2.54. The van der Waals surface area contributed by atoms with Crippen molar-refractivity contribution in [3.05, 3.63) is 24.3 Å². The van der Waals surface area contributed by atoms with Gasteiger partial charge < -0.3 is 23.9 Å². The second-order valence-electron chi connectivity index (χ2n) is 7.47. The average molecular weight is 320 g/mol. The lowest BCUT2D eigenvalue weighted by Gasteiger charge is -2.36. The Labute approximate surface area is 138 Å². The van der Waals surface area contributed by atoms with Crippen molar-refractivity contribution in [3.8, 4) is 5.75 Å². The van der Waals surface area contributed by atoms with Crippen LogP contribution in [-0.4, -0.2) is 48.8 Å². The highest BCUT2D eigenvalue weighted by Crippen LogP contribution is 2.36. The summed E-state index contributed by atoms with van der Waals surface area (Å²) in [4.78, 5) is 0. The summed E-state index contributed by atoms with van der Waals surface area (Å²) < 4.78 is 22.7. The molecule has 1 aromatic carbocycles. The SMILES string of the molecule is CC1(C)OB(c2ccc(OCCC3(O)COC3)cc2)OC1(C)C. The Bertz CT molecular complexity index is 535. The first-order valence-electron chi connectivity index (χ1n) is 8.09. The monoisotopic (exact) mass is 320 g/mol. The Balaban J connectivity index is 1.55. The molecule has 23 heavy (non-hydrogen) atoms. The molecule has 0 bridgehead atoms. The molecule has 2 saturated heterocycles. The van der Waals surface area contributed by atoms with Gasteiger partial charge in [0.05, 0.1) is 31.0 Å². The van der Waals surface area contributed by atoms with Crippen LogP contribution in [0.5, 0.6) is 5.75 Å². The summed E-state index contributed by atoms with van der Waals surface area (Å²) in [5.74, 6) is 0.772. The van der Waals surface area contributed by atoms with Gasteiger partial charge in [-0.05, 0) is 45.3 Å². The van der Waals surface area contributed by atoms with Crippen molar-refractivity contribution in [2.45, 2.75) is 50.9 Å². The van der Waals surface area contributed by atoms with E-state index in [2.05, 4.69) is 0 Å². The van der Waals surface area contributed by atoms with Gasteiger partial charge in [0.2, 0.25) is 0 Å². The highest BCUT2D eigenvalue weighted by Gasteiger charge is 2.51. The Kier molecular flexibility index (Phi) is 4.21. The van der Waals surface area contributed by atoms with E-state index in [0.29, 0.717) is 26.2 Å². The molecular formula is C17H25BO5. The molecule has 0 radical (unpaired) electrons. The minimum atomic E-state index is -0.706. The lowest BCUT2D eigenvalue weighted by Crippen LogP contribution is -2.50. The minimum Gasteiger partial charge on any atom is -0.493 e. The van der Waals surface area contributed by atoms with Crippen LogP contribution in [0, 0.1) is 0 Å². The molecule has 1 aromatic rings. The van der Waals surface area contributed by atoms with Gasteiger partial charge in [0.15, 0.2) is 0 Å². The lowest BCUT2D eigenvalue weighted by atomic mass is 9.79. The van der Waals surface area contributed by atoms with E-state index in [1.54, 1.807) is 0 Å². The van der Waals surface area contributed by atoms with Crippen molar-refractivity contribution in [1.82, 2.24) is 0 Å². The van der Waals surface area contributed by atoms with Crippen LogP contribution in [-0.2, 0) is 14.0 Å². The fourth-order valence-electron chi connectivity index (χ4n) is 2.54. The first-order valence-corrected chi connectivity index (χ1v) is 8.09. The van der Waals surface area contributed by atoms with Crippen LogP contribution in [0.3, 0.4) is 0 Å². The van der Waals surface area contributed by atoms with Crippen molar-refractivity contribution < 1.29 is 23.9 Å². The van der Waals surface area contributed by atoms with Gasteiger partial charge in [0, 0.05) is 6.42 Å². The molecule has 2 fully saturated rings. The van der Waals surface area contributed by atoms with Gasteiger partial charge in [-0.1, -0.05) is 12.1 Å². The summed E-state index contributed by atoms with van der Waals surface area (Å²) >= 11 is 0. The zero-order valence-electron chi connectivity index (χ0n) is 14.3. The van der Waals surface area contributed by atoms with Gasteiger partial charge in [-0.15, -0.1) is 0 Å². The van der Waals surface area contributed by atoms with E-state index in [9.17, 15) is 5.11 Å². The number of aliphatic hydroxyl groups is 1. The Morgan fingerprint density at radius 3 is 2.09 bits per heavy atom. The molecule has 0 aromatic heterocycles. The van der Waals surface area contributed by atoms with E-state index in [-0.39, 0.29) is 18.3 Å². The van der Waals surface area contributed by atoms with Crippen LogP contribution in [0.4, 0.5) is 0 Å². The van der Waals surface area contributed by atoms with E-state index in [1.165, 1.54) is 0 Å². The fraction of sp³-hybridized carbons (Fsp3) is 0.647. The number of ether oxygens (including phenoxy) is 2. The van der Waals surface area contributed by atoms with Crippen LogP contribution >= 0.6 is 0 Å². The summed E-state index contributed by atoms with van der Waals surface area (Å²) in [7, 11) is -0.359. The molecule has 0 spiro atoms. The molecule has 0 saturated carbocycles. The summed E-state index contributed by atoms with van der Waals surface area (Å²) in [6.07, 6.45) is 0.575. The van der Waals surface area contributed by atoms with Gasteiger partial charge in [-0.25, -0.2) is 0 Å². The highest BCUT2D eigenvalue weighted by molar-refractivity contribution is 6.62. The van der Waals surface area contributed by atoms with Crippen LogP contribution in [0.25, 0.3) is 0 Å². The second kappa shape index (κ2) is 5.78. The van der Waals surface area contributed by atoms with Gasteiger partial charge in [-0.3, -0.25) is 0 Å². The van der Waals surface area contributed by atoms with Crippen molar-refractivity contribution >= 4 is 12.6 Å². The van der Waals surface area contributed by atoms with Crippen LogP contribution < -0.4 is 10.2 Å². The third-order valence-electron chi connectivity index (χ3n) is 4.98. The summed E-state index contributed by atoms with van der Waals surface area (Å²) in [5.41, 5.74) is -0.412. The predicted octanol–water partition coefficient (Wildman–Crippen LogP) is 1.52. The third-order valence-corrected chi connectivity index (χ3v) is 4.98. The van der Waals surface area contributed by atoms with Crippen molar-refractivity contribution in [1.29, 1.82) is 0 Å². The molecule has 2 aliphatic heterocycles. The smallest absolute Gasteiger partial charge is 0.493 e. The van der Waals surface area contributed by atoms with Crippen molar-refractivity contribution in [2.75, 3.05) is 19.8 Å². The lowest BCUT2D eigenvalue weighted by molar-refractivity contribution is -0.184. The van der Waals surface area contributed by atoms with Crippen LogP contribution in [0.1, 0.15) is 34.1 Å². The van der Waals surface area contributed by atoms with Crippen LogP contribution in [0.2, 0.25) is 0 Å². The normalized spacial score (nSPS) is 24.3. The molecule has 0 unspecified atom stereocenters. The molecular weight excluding hydrogens is 295 g/mol. The van der Waals surface area contributed by atoms with Crippen molar-refractivity contribution in [3.63, 3.8) is 0 Å². The first kappa shape index (κ1) is 16.8. The Morgan fingerprint density at radius 2 is 1.61 bits per heavy atom. The zero-order valence-corrected chi connectivity index (χ0v) is 14.3. The summed E-state index contributed by atoms with van der Waals surface area (Å²) in [5, 5.41) is 9.94. The summed E-state index contributed by atoms with van der Waals surface area (Å²) in [6.45, 7) is 9.43. The standard InChI is InChI=1S/C17H25BO5/c1-15(2)16(3,4)23-18(22-15)13-5-7-14(8-6-13)21-10-9-17(19)11-20-12-17/h5-8,19H,9-12H2,1-4H3. The molecule has 0 atom stereocenters. The minimum absolute atomic E-state index is 0.340. The number of hydrogen-bond acceptors (Lipinski definition) is 5. The molecule has 0 aliphatic carbocycles. The van der Waals surface area contributed by atoms with Gasteiger partial charge >= 0.3 is 7.12 Å². The van der Waals surface area contributed by atoms with Gasteiger partial charge in [0.1, 0.15) is 11.4 Å². The number of rotatable bonds is 5. The maximum absolute atomic E-state index is 9.94. The first-order chi connectivity index (χ1) is 10.7. The predicted molar refractivity (Wildman–Crippen MR) is 88.0 cm³/mol. The van der Waals surface area contributed by atoms with Crippen LogP contribution in [0.15, 0.2) is 24.3 Å². The molecule has 2 aliphatic rings. The van der Waals surface area contributed by atoms with Gasteiger partial charge in [-0.2, -0.15) is 0 Å². The zero-order chi connectivity index (χ0) is 16.7. The Hall–Kier alpha value is -1.08. The quantitative estimate of drug-likeness (QED) is 0.834. The molecule has 0 amide bonds. The van der Waals surface area contributed by atoms with Gasteiger partial charge in [0.25, 0.3) is 0 Å². The third kappa shape index (κ3) is 3.40. The number of benzene rings is 1. The molecule has 5 nitrogen and oxygen atoms in total. The van der Waals surface area contributed by atoms with E-state index in [1.807, 2.05) is 52.0 Å². The van der Waals surface area contributed by atoms with E-state index in [0.717, 1.165) is 11.2 Å². The molecule has 3 rings (SSSR count). The number of hydrogen-bond donors (Lipinski definition) is 1. The maximum atomic E-state index is 9.94. The summed E-state index contributed by atoms with van der Waals surface area (Å²) in [6, 6.07) is 7.72.